The van der Waals surface area contributed by atoms with Crippen LogP contribution in [0.1, 0.15) is 26.7 Å². The quantitative estimate of drug-likeness (QED) is 0.788. The van der Waals surface area contributed by atoms with Crippen molar-refractivity contribution < 1.29 is 0 Å². The van der Waals surface area contributed by atoms with Gasteiger partial charge in [0.15, 0.2) is 0 Å². The van der Waals surface area contributed by atoms with Crippen LogP contribution >= 0.6 is 0 Å². The normalized spacial score (nSPS) is 39.8. The lowest BCUT2D eigenvalue weighted by molar-refractivity contribution is 0.116. The molecule has 3 heteroatoms. The van der Waals surface area contributed by atoms with Crippen molar-refractivity contribution in [2.24, 2.45) is 11.3 Å². The fourth-order valence-electron chi connectivity index (χ4n) is 4.93. The van der Waals surface area contributed by atoms with Crippen molar-refractivity contribution in [2.75, 3.05) is 52.4 Å². The van der Waals surface area contributed by atoms with Crippen molar-refractivity contribution in [3.63, 3.8) is 0 Å². The van der Waals surface area contributed by atoms with Crippen LogP contribution in [0.25, 0.3) is 0 Å². The molecule has 3 fully saturated rings. The first kappa shape index (κ1) is 14.9. The fourth-order valence-corrected chi connectivity index (χ4v) is 4.93. The smallest absolute Gasteiger partial charge is 0.0317 e. The molecule has 2 saturated heterocycles. The molecule has 0 N–H and O–H groups in total. The number of nitrogens with zero attached hydrogens (tertiary/aromatic N) is 3. The van der Waals surface area contributed by atoms with Gasteiger partial charge in [0.2, 0.25) is 0 Å². The Morgan fingerprint density at radius 1 is 1.09 bits per heavy atom. The summed E-state index contributed by atoms with van der Waals surface area (Å²) in [5, 5.41) is 0. The molecule has 2 aliphatic carbocycles. The summed E-state index contributed by atoms with van der Waals surface area (Å²) in [6.45, 7) is 14.6. The van der Waals surface area contributed by atoms with Crippen molar-refractivity contribution in [3.8, 4) is 0 Å². The molecule has 0 aromatic carbocycles. The van der Waals surface area contributed by atoms with Crippen LogP contribution in [0.4, 0.5) is 0 Å². The van der Waals surface area contributed by atoms with Gasteiger partial charge >= 0.3 is 0 Å². The van der Waals surface area contributed by atoms with E-state index in [1.165, 1.54) is 65.2 Å². The molecule has 2 aliphatic heterocycles. The van der Waals surface area contributed by atoms with E-state index < -0.39 is 0 Å². The Bertz CT molecular complexity index is 475. The number of hydrogen-bond acceptors (Lipinski definition) is 3. The maximum atomic E-state index is 2.69. The van der Waals surface area contributed by atoms with E-state index in [1.807, 2.05) is 0 Å². The van der Waals surface area contributed by atoms with Crippen LogP contribution in [0.15, 0.2) is 23.8 Å². The van der Waals surface area contributed by atoms with E-state index in [0.29, 0.717) is 11.5 Å². The molecule has 22 heavy (non-hydrogen) atoms. The lowest BCUT2D eigenvalue weighted by atomic mass is 9.88. The number of rotatable bonds is 4. The van der Waals surface area contributed by atoms with Gasteiger partial charge < -0.3 is 9.80 Å². The zero-order valence-corrected chi connectivity index (χ0v) is 14.3. The minimum atomic E-state index is 0.554. The van der Waals surface area contributed by atoms with E-state index in [-0.39, 0.29) is 0 Å². The minimum Gasteiger partial charge on any atom is -0.302 e. The van der Waals surface area contributed by atoms with E-state index in [1.54, 1.807) is 5.57 Å². The predicted molar refractivity (Wildman–Crippen MR) is 92.0 cm³/mol. The molecule has 0 aromatic rings. The van der Waals surface area contributed by atoms with E-state index in [2.05, 4.69) is 46.8 Å². The monoisotopic (exact) mass is 301 g/mol. The van der Waals surface area contributed by atoms with Crippen LogP contribution in [0.3, 0.4) is 0 Å². The summed E-state index contributed by atoms with van der Waals surface area (Å²) in [6, 6.07) is 0.653. The summed E-state index contributed by atoms with van der Waals surface area (Å²) in [4.78, 5) is 7.89. The Kier molecular flexibility index (Phi) is 3.91. The molecule has 0 spiro atoms. The van der Waals surface area contributed by atoms with Crippen LogP contribution in [0.2, 0.25) is 0 Å². The molecule has 4 aliphatic rings. The summed E-state index contributed by atoms with van der Waals surface area (Å²) >= 11 is 0. The Morgan fingerprint density at radius 2 is 1.86 bits per heavy atom. The largest absolute Gasteiger partial charge is 0.302 e. The molecular formula is C19H31N3. The summed E-state index contributed by atoms with van der Waals surface area (Å²) in [6.07, 6.45) is 10.3. The third-order valence-corrected chi connectivity index (χ3v) is 6.64. The van der Waals surface area contributed by atoms with Crippen molar-refractivity contribution in [1.82, 2.24) is 14.7 Å². The second-order valence-electron chi connectivity index (χ2n) is 7.68. The highest BCUT2D eigenvalue weighted by Crippen LogP contribution is 2.62. The van der Waals surface area contributed by atoms with Gasteiger partial charge in [-0.2, -0.15) is 0 Å². The van der Waals surface area contributed by atoms with Crippen LogP contribution in [-0.2, 0) is 0 Å². The topological polar surface area (TPSA) is 9.72 Å². The molecule has 4 rings (SSSR count). The molecule has 3 atom stereocenters. The number of piperidine rings is 1. The molecular weight excluding hydrogens is 270 g/mol. The molecule has 0 bridgehead atoms. The Morgan fingerprint density at radius 3 is 2.45 bits per heavy atom. The summed E-state index contributed by atoms with van der Waals surface area (Å²) < 4.78 is 0. The fraction of sp³-hybridized carbons (Fsp3) is 0.789. The SMILES string of the molecule is CCN1CCN(C2C=CC(C34CC3CN(CC)C4)=CC2)CC1. The number of likely N-dealkylation sites (N-methyl/N-ethyl adjacent to an activating group) is 1. The van der Waals surface area contributed by atoms with Gasteiger partial charge in [0.25, 0.3) is 0 Å². The zero-order valence-electron chi connectivity index (χ0n) is 14.3. The molecule has 0 radical (unpaired) electrons. The van der Waals surface area contributed by atoms with Crippen LogP contribution in [0, 0.1) is 11.3 Å². The van der Waals surface area contributed by atoms with E-state index in [9.17, 15) is 0 Å². The first-order valence-corrected chi connectivity index (χ1v) is 9.33. The van der Waals surface area contributed by atoms with Gasteiger partial charge in [-0.25, -0.2) is 0 Å². The van der Waals surface area contributed by atoms with Crippen molar-refractivity contribution in [1.29, 1.82) is 0 Å². The lowest BCUT2D eigenvalue weighted by Gasteiger charge is -2.38. The first-order chi connectivity index (χ1) is 10.7. The Hall–Kier alpha value is -0.640. The van der Waals surface area contributed by atoms with Gasteiger partial charge in [0.05, 0.1) is 0 Å². The second kappa shape index (κ2) is 5.77. The zero-order chi connectivity index (χ0) is 15.2. The Balaban J connectivity index is 1.35. The highest BCUT2D eigenvalue weighted by atomic mass is 15.3. The van der Waals surface area contributed by atoms with Crippen molar-refractivity contribution in [2.45, 2.75) is 32.7 Å². The van der Waals surface area contributed by atoms with Gasteiger partial charge in [-0.3, -0.25) is 4.90 Å². The van der Waals surface area contributed by atoms with Crippen LogP contribution in [-0.4, -0.2) is 73.1 Å². The summed E-state index contributed by atoms with van der Waals surface area (Å²) in [5.74, 6) is 0.952. The average molecular weight is 301 g/mol. The molecule has 0 amide bonds. The summed E-state index contributed by atoms with van der Waals surface area (Å²) in [5.41, 5.74) is 2.22. The van der Waals surface area contributed by atoms with Crippen LogP contribution in [0.5, 0.6) is 0 Å². The summed E-state index contributed by atoms with van der Waals surface area (Å²) in [7, 11) is 0. The second-order valence-corrected chi connectivity index (χ2v) is 7.68. The third kappa shape index (κ3) is 2.47. The first-order valence-electron chi connectivity index (χ1n) is 9.33. The van der Waals surface area contributed by atoms with Gasteiger partial charge in [-0.15, -0.1) is 0 Å². The number of allylic oxidation sites excluding steroid dienone is 1. The number of piperazine rings is 1. The van der Waals surface area contributed by atoms with Gasteiger partial charge in [0, 0.05) is 50.7 Å². The van der Waals surface area contributed by atoms with E-state index >= 15 is 0 Å². The molecule has 1 saturated carbocycles. The predicted octanol–water partition coefficient (Wildman–Crippen LogP) is 2.22. The minimum absolute atomic E-state index is 0.554. The van der Waals surface area contributed by atoms with Crippen LogP contribution < -0.4 is 0 Å². The van der Waals surface area contributed by atoms with Gasteiger partial charge in [0.1, 0.15) is 0 Å². The molecule has 3 nitrogen and oxygen atoms in total. The molecule has 2 heterocycles. The molecule has 122 valence electrons. The third-order valence-electron chi connectivity index (χ3n) is 6.64. The highest BCUT2D eigenvalue weighted by Gasteiger charge is 2.60. The van der Waals surface area contributed by atoms with E-state index in [4.69, 9.17) is 0 Å². The maximum Gasteiger partial charge on any atom is 0.0317 e. The molecule has 3 unspecified atom stereocenters. The highest BCUT2D eigenvalue weighted by molar-refractivity contribution is 5.40. The Labute approximate surface area is 135 Å². The van der Waals surface area contributed by atoms with Gasteiger partial charge in [-0.05, 0) is 37.4 Å². The van der Waals surface area contributed by atoms with Crippen molar-refractivity contribution in [3.05, 3.63) is 23.8 Å². The van der Waals surface area contributed by atoms with E-state index in [0.717, 1.165) is 5.92 Å². The lowest BCUT2D eigenvalue weighted by Crippen LogP contribution is -2.49. The van der Waals surface area contributed by atoms with Gasteiger partial charge in [-0.1, -0.05) is 32.1 Å². The number of likely N-dealkylation sites (tertiary alicyclic amines) is 1. The standard InChI is InChI=1S/C19H31N3/c1-3-20-9-11-22(12-10-20)18-7-5-16(6-8-18)19-13-17(19)14-21(4-2)15-19/h5-7,17-18H,3-4,8-15H2,1-2H3. The maximum absolute atomic E-state index is 2.69. The number of hydrogen-bond donors (Lipinski definition) is 0. The van der Waals surface area contributed by atoms with Crippen molar-refractivity contribution >= 4 is 0 Å². The number of fused-ring (bicyclic) bond motifs is 1. The average Bonchev–Trinajstić information content (AvgIpc) is 3.17. The molecule has 0 aromatic heterocycles.